The first-order valence-corrected chi connectivity index (χ1v) is 9.43. The van der Waals surface area contributed by atoms with Gasteiger partial charge in [-0.2, -0.15) is 0 Å². The maximum atomic E-state index is 12.7. The number of amides is 1. The van der Waals surface area contributed by atoms with Crippen LogP contribution >= 0.6 is 0 Å². The smallest absolute Gasteiger partial charge is 0.264 e. The quantitative estimate of drug-likeness (QED) is 0.748. The molecule has 0 saturated carbocycles. The number of para-hydroxylation sites is 2. The predicted molar refractivity (Wildman–Crippen MR) is 103 cm³/mol. The van der Waals surface area contributed by atoms with E-state index in [1.165, 1.54) is 35.6 Å². The fourth-order valence-electron chi connectivity index (χ4n) is 2.44. The number of nitrogens with one attached hydrogen (secondary N) is 1. The van der Waals surface area contributed by atoms with Crippen molar-refractivity contribution in [2.24, 2.45) is 0 Å². The highest BCUT2D eigenvalue weighted by Crippen LogP contribution is 2.22. The van der Waals surface area contributed by atoms with Gasteiger partial charge in [-0.3, -0.25) is 9.10 Å². The summed E-state index contributed by atoms with van der Waals surface area (Å²) in [6.07, 6.45) is 0. The minimum Gasteiger partial charge on any atom is -0.322 e. The van der Waals surface area contributed by atoms with E-state index in [9.17, 15) is 13.2 Å². The van der Waals surface area contributed by atoms with Crippen molar-refractivity contribution in [2.45, 2.75) is 4.90 Å². The first-order chi connectivity index (χ1) is 12.5. The summed E-state index contributed by atoms with van der Waals surface area (Å²) < 4.78 is 26.7. The van der Waals surface area contributed by atoms with Crippen molar-refractivity contribution in [1.82, 2.24) is 0 Å². The lowest BCUT2D eigenvalue weighted by molar-refractivity contribution is 0.102. The summed E-state index contributed by atoms with van der Waals surface area (Å²) in [5.41, 5.74) is 1.63. The Kier molecular flexibility index (Phi) is 5.04. The van der Waals surface area contributed by atoms with Gasteiger partial charge in [0, 0.05) is 18.3 Å². The third kappa shape index (κ3) is 3.75. The Hall–Kier alpha value is -3.12. The van der Waals surface area contributed by atoms with Crippen LogP contribution in [0.1, 0.15) is 10.4 Å². The summed E-state index contributed by atoms with van der Waals surface area (Å²) in [4.78, 5) is 12.4. The molecule has 3 aromatic carbocycles. The van der Waals surface area contributed by atoms with E-state index in [0.717, 1.165) is 0 Å². The SMILES string of the molecule is CN(c1ccccc1)S(=O)(=O)c1ccc(C(=O)Nc2ccccc2)cc1. The monoisotopic (exact) mass is 366 g/mol. The minimum atomic E-state index is -3.69. The van der Waals surface area contributed by atoms with Gasteiger partial charge < -0.3 is 5.32 Å². The van der Waals surface area contributed by atoms with Gasteiger partial charge in [-0.15, -0.1) is 0 Å². The van der Waals surface area contributed by atoms with Gasteiger partial charge in [0.1, 0.15) is 0 Å². The number of benzene rings is 3. The van der Waals surface area contributed by atoms with Crippen molar-refractivity contribution < 1.29 is 13.2 Å². The summed E-state index contributed by atoms with van der Waals surface area (Å²) in [6.45, 7) is 0. The number of hydrogen-bond donors (Lipinski definition) is 1. The van der Waals surface area contributed by atoms with Gasteiger partial charge in [-0.05, 0) is 48.5 Å². The fraction of sp³-hybridized carbons (Fsp3) is 0.0500. The van der Waals surface area contributed by atoms with Crippen LogP contribution in [0.4, 0.5) is 11.4 Å². The number of carbonyl (C=O) groups excluding carboxylic acids is 1. The Bertz CT molecular complexity index is 986. The first kappa shape index (κ1) is 17.7. The summed E-state index contributed by atoms with van der Waals surface area (Å²) >= 11 is 0. The van der Waals surface area contributed by atoms with Crippen molar-refractivity contribution in [3.8, 4) is 0 Å². The highest BCUT2D eigenvalue weighted by atomic mass is 32.2. The normalized spacial score (nSPS) is 11.0. The van der Waals surface area contributed by atoms with Crippen molar-refractivity contribution >= 4 is 27.3 Å². The van der Waals surface area contributed by atoms with Gasteiger partial charge in [0.15, 0.2) is 0 Å². The van der Waals surface area contributed by atoms with E-state index < -0.39 is 10.0 Å². The van der Waals surface area contributed by atoms with Crippen LogP contribution in [-0.4, -0.2) is 21.4 Å². The molecular formula is C20H18N2O3S. The van der Waals surface area contributed by atoms with Gasteiger partial charge in [-0.1, -0.05) is 36.4 Å². The lowest BCUT2D eigenvalue weighted by Crippen LogP contribution is -2.26. The highest BCUT2D eigenvalue weighted by molar-refractivity contribution is 7.92. The number of anilines is 2. The zero-order valence-electron chi connectivity index (χ0n) is 14.2. The topological polar surface area (TPSA) is 66.5 Å². The predicted octanol–water partition coefficient (Wildman–Crippen LogP) is 3.76. The Morgan fingerprint density at radius 2 is 1.35 bits per heavy atom. The van der Waals surface area contributed by atoms with E-state index in [1.54, 1.807) is 36.4 Å². The lowest BCUT2D eigenvalue weighted by Gasteiger charge is -2.19. The average molecular weight is 366 g/mol. The third-order valence-corrected chi connectivity index (χ3v) is 5.73. The van der Waals surface area contributed by atoms with E-state index in [1.807, 2.05) is 24.3 Å². The molecule has 3 rings (SSSR count). The van der Waals surface area contributed by atoms with E-state index >= 15 is 0 Å². The molecule has 0 unspecified atom stereocenters. The molecule has 0 aromatic heterocycles. The van der Waals surface area contributed by atoms with Crippen LogP contribution in [0.15, 0.2) is 89.8 Å². The molecule has 0 atom stereocenters. The van der Waals surface area contributed by atoms with Crippen LogP contribution in [0.2, 0.25) is 0 Å². The lowest BCUT2D eigenvalue weighted by atomic mass is 10.2. The second-order valence-corrected chi connectivity index (χ2v) is 7.62. The van der Waals surface area contributed by atoms with Crippen LogP contribution in [0.3, 0.4) is 0 Å². The second-order valence-electron chi connectivity index (χ2n) is 5.65. The molecule has 0 aliphatic heterocycles. The van der Waals surface area contributed by atoms with Crippen LogP contribution in [0.25, 0.3) is 0 Å². The van der Waals surface area contributed by atoms with Gasteiger partial charge in [0.2, 0.25) is 0 Å². The molecule has 6 heteroatoms. The molecule has 0 fully saturated rings. The number of carbonyl (C=O) groups is 1. The van der Waals surface area contributed by atoms with Gasteiger partial charge in [0.05, 0.1) is 10.6 Å². The summed E-state index contributed by atoms with van der Waals surface area (Å²) in [5.74, 6) is -0.295. The molecule has 0 aliphatic rings. The zero-order valence-corrected chi connectivity index (χ0v) is 15.0. The molecule has 0 heterocycles. The van der Waals surface area contributed by atoms with Gasteiger partial charge in [-0.25, -0.2) is 8.42 Å². The molecule has 0 spiro atoms. The third-order valence-electron chi connectivity index (χ3n) is 3.93. The molecule has 0 aliphatic carbocycles. The molecule has 1 N–H and O–H groups in total. The van der Waals surface area contributed by atoms with E-state index in [2.05, 4.69) is 5.32 Å². The van der Waals surface area contributed by atoms with E-state index in [0.29, 0.717) is 16.9 Å². The van der Waals surface area contributed by atoms with Crippen molar-refractivity contribution in [3.63, 3.8) is 0 Å². The van der Waals surface area contributed by atoms with E-state index in [-0.39, 0.29) is 10.8 Å². The number of nitrogens with zero attached hydrogens (tertiary/aromatic N) is 1. The number of hydrogen-bond acceptors (Lipinski definition) is 3. The Morgan fingerprint density at radius 1 is 0.808 bits per heavy atom. The van der Waals surface area contributed by atoms with Gasteiger partial charge >= 0.3 is 0 Å². The van der Waals surface area contributed by atoms with Crippen LogP contribution < -0.4 is 9.62 Å². The molecule has 0 saturated heterocycles. The first-order valence-electron chi connectivity index (χ1n) is 7.99. The maximum absolute atomic E-state index is 12.7. The fourth-order valence-corrected chi connectivity index (χ4v) is 3.63. The molecule has 5 nitrogen and oxygen atoms in total. The summed E-state index contributed by atoms with van der Waals surface area (Å²) in [7, 11) is -2.19. The second kappa shape index (κ2) is 7.41. The Labute approximate surface area is 153 Å². The molecule has 26 heavy (non-hydrogen) atoms. The van der Waals surface area contributed by atoms with Crippen molar-refractivity contribution in [3.05, 3.63) is 90.5 Å². The van der Waals surface area contributed by atoms with Crippen LogP contribution in [-0.2, 0) is 10.0 Å². The summed E-state index contributed by atoms with van der Waals surface area (Å²) in [6, 6.07) is 23.8. The highest BCUT2D eigenvalue weighted by Gasteiger charge is 2.21. The van der Waals surface area contributed by atoms with Crippen molar-refractivity contribution in [1.29, 1.82) is 0 Å². The summed E-state index contributed by atoms with van der Waals surface area (Å²) in [5, 5.41) is 2.77. The minimum absolute atomic E-state index is 0.125. The Morgan fingerprint density at radius 3 is 1.92 bits per heavy atom. The largest absolute Gasteiger partial charge is 0.322 e. The van der Waals surface area contributed by atoms with Crippen molar-refractivity contribution in [2.75, 3.05) is 16.7 Å². The van der Waals surface area contributed by atoms with Gasteiger partial charge in [0.25, 0.3) is 15.9 Å². The number of rotatable bonds is 5. The standard InChI is InChI=1S/C20H18N2O3S/c1-22(18-10-6-3-7-11-18)26(24,25)19-14-12-16(13-15-19)20(23)21-17-8-4-2-5-9-17/h2-15H,1H3,(H,21,23). The molecule has 132 valence electrons. The molecule has 3 aromatic rings. The van der Waals surface area contributed by atoms with Crippen LogP contribution in [0, 0.1) is 0 Å². The Balaban J connectivity index is 1.79. The number of sulfonamides is 1. The molecule has 0 bridgehead atoms. The zero-order chi connectivity index (χ0) is 18.6. The molecular weight excluding hydrogens is 348 g/mol. The average Bonchev–Trinajstić information content (AvgIpc) is 2.69. The maximum Gasteiger partial charge on any atom is 0.264 e. The van der Waals surface area contributed by atoms with Crippen LogP contribution in [0.5, 0.6) is 0 Å². The molecule has 0 radical (unpaired) electrons. The molecule has 1 amide bonds. The van der Waals surface area contributed by atoms with E-state index in [4.69, 9.17) is 0 Å².